The molecule has 1 nitrogen and oxygen atoms in total. The predicted octanol–water partition coefficient (Wildman–Crippen LogP) is 2.37. The maximum absolute atomic E-state index is 7.45. The second-order valence-corrected chi connectivity index (χ2v) is 2.25. The van der Waals surface area contributed by atoms with Gasteiger partial charge in [0, 0.05) is 32.7 Å². The van der Waals surface area contributed by atoms with Crippen molar-refractivity contribution in [1.29, 1.82) is 0 Å². The summed E-state index contributed by atoms with van der Waals surface area (Å²) in [7, 11) is 0. The fourth-order valence-corrected chi connectivity index (χ4v) is 0.929. The Morgan fingerprint density at radius 3 is 2.30 bits per heavy atom. The van der Waals surface area contributed by atoms with Crippen LogP contribution in [0.2, 0.25) is 0 Å². The maximum Gasteiger partial charge on any atom is 0 e. The van der Waals surface area contributed by atoms with Crippen LogP contribution in [0.15, 0.2) is 24.3 Å². The van der Waals surface area contributed by atoms with E-state index in [1.165, 1.54) is 0 Å². The Morgan fingerprint density at radius 2 is 1.90 bits per heavy atom. The average molecular weight is 210 g/mol. The first-order valence-electron chi connectivity index (χ1n) is 3.20. The zero-order valence-corrected chi connectivity index (χ0v) is 8.79. The number of nitrogens with one attached hydrogen (secondary N) is 1. The minimum atomic E-state index is -0.0625. The van der Waals surface area contributed by atoms with Crippen molar-refractivity contribution >= 4 is 0 Å². The van der Waals surface area contributed by atoms with Gasteiger partial charge in [0.05, 0.1) is 0 Å². The fraction of sp³-hybridized carbons (Fsp3) is 0.375. The SMILES string of the molecule is [CH2-]CC1C=CC=CC1[NH-].[Y]. The van der Waals surface area contributed by atoms with Gasteiger partial charge in [-0.05, 0) is 0 Å². The average Bonchev–Trinajstić information content (AvgIpc) is 1.89. The van der Waals surface area contributed by atoms with E-state index in [0.29, 0.717) is 5.92 Å². The monoisotopic (exact) mass is 210 g/mol. The van der Waals surface area contributed by atoms with Gasteiger partial charge < -0.3 is 12.7 Å². The van der Waals surface area contributed by atoms with E-state index in [1.54, 1.807) is 0 Å². The molecule has 0 aromatic carbocycles. The van der Waals surface area contributed by atoms with E-state index in [2.05, 4.69) is 6.92 Å². The van der Waals surface area contributed by atoms with E-state index in [0.717, 1.165) is 6.42 Å². The molecule has 1 aliphatic carbocycles. The number of hydrogen-bond donors (Lipinski definition) is 0. The summed E-state index contributed by atoms with van der Waals surface area (Å²) in [6.45, 7) is 3.75. The molecule has 0 saturated carbocycles. The van der Waals surface area contributed by atoms with Gasteiger partial charge in [0.25, 0.3) is 0 Å². The Bertz CT molecular complexity index is 140. The predicted molar refractivity (Wildman–Crippen MR) is 39.9 cm³/mol. The van der Waals surface area contributed by atoms with E-state index in [9.17, 15) is 0 Å². The topological polar surface area (TPSA) is 23.8 Å². The summed E-state index contributed by atoms with van der Waals surface area (Å²) in [6, 6.07) is -0.0625. The molecule has 0 spiro atoms. The van der Waals surface area contributed by atoms with Crippen LogP contribution in [0.1, 0.15) is 6.42 Å². The molecule has 0 aromatic rings. The van der Waals surface area contributed by atoms with Gasteiger partial charge in [0.15, 0.2) is 0 Å². The molecular formula is C8H11NY-2. The third-order valence-electron chi connectivity index (χ3n) is 1.58. The van der Waals surface area contributed by atoms with Gasteiger partial charge in [-0.1, -0.05) is 24.1 Å². The second-order valence-electron chi connectivity index (χ2n) is 2.25. The molecule has 2 heteroatoms. The Labute approximate surface area is 87.6 Å². The normalized spacial score (nSPS) is 29.8. The van der Waals surface area contributed by atoms with Crippen LogP contribution in [0.25, 0.3) is 5.73 Å². The van der Waals surface area contributed by atoms with Gasteiger partial charge in [0.2, 0.25) is 0 Å². The van der Waals surface area contributed by atoms with Crippen molar-refractivity contribution < 1.29 is 32.7 Å². The molecule has 10 heavy (non-hydrogen) atoms. The molecule has 0 fully saturated rings. The molecule has 0 aliphatic heterocycles. The van der Waals surface area contributed by atoms with Crippen LogP contribution >= 0.6 is 0 Å². The van der Waals surface area contributed by atoms with Crippen molar-refractivity contribution in [2.24, 2.45) is 5.92 Å². The molecule has 0 aromatic heterocycles. The number of hydrogen-bond acceptors (Lipinski definition) is 0. The molecule has 0 amide bonds. The smallest absolute Gasteiger partial charge is 0 e. The first kappa shape index (κ1) is 10.5. The fourth-order valence-electron chi connectivity index (χ4n) is 0.929. The molecule has 0 bridgehead atoms. The van der Waals surface area contributed by atoms with E-state index >= 15 is 0 Å². The van der Waals surface area contributed by atoms with Crippen molar-refractivity contribution in [2.75, 3.05) is 0 Å². The zero-order chi connectivity index (χ0) is 6.69. The van der Waals surface area contributed by atoms with Crippen molar-refractivity contribution in [1.82, 2.24) is 0 Å². The van der Waals surface area contributed by atoms with Gasteiger partial charge in [-0.3, -0.25) is 0 Å². The number of rotatable bonds is 1. The molecule has 1 rings (SSSR count). The Balaban J connectivity index is 0.000000810. The molecule has 2 unspecified atom stereocenters. The van der Waals surface area contributed by atoms with Crippen molar-refractivity contribution in [3.63, 3.8) is 0 Å². The summed E-state index contributed by atoms with van der Waals surface area (Å²) < 4.78 is 0. The third kappa shape index (κ3) is 2.65. The van der Waals surface area contributed by atoms with Gasteiger partial charge >= 0.3 is 0 Å². The van der Waals surface area contributed by atoms with Crippen molar-refractivity contribution in [3.8, 4) is 0 Å². The van der Waals surface area contributed by atoms with Crippen LogP contribution < -0.4 is 0 Å². The zero-order valence-electron chi connectivity index (χ0n) is 5.96. The molecular weight excluding hydrogens is 199 g/mol. The largest absolute Gasteiger partial charge is 0.671 e. The van der Waals surface area contributed by atoms with Crippen molar-refractivity contribution in [3.05, 3.63) is 37.0 Å². The van der Waals surface area contributed by atoms with Gasteiger partial charge in [-0.2, -0.15) is 6.42 Å². The van der Waals surface area contributed by atoms with E-state index in [1.807, 2.05) is 24.3 Å². The van der Waals surface area contributed by atoms with Crippen LogP contribution in [0.4, 0.5) is 0 Å². The van der Waals surface area contributed by atoms with E-state index in [4.69, 9.17) is 5.73 Å². The standard InChI is InChI=1S/C8H11N.Y/c1-2-7-5-3-4-6-8(7)9;/h3-9H,1-2H2;/q-2;. The van der Waals surface area contributed by atoms with Crippen LogP contribution in [-0.4, -0.2) is 6.04 Å². The molecule has 1 aliphatic rings. The van der Waals surface area contributed by atoms with Gasteiger partial charge in [0.1, 0.15) is 0 Å². The van der Waals surface area contributed by atoms with Gasteiger partial charge in [-0.15, -0.1) is 12.1 Å². The summed E-state index contributed by atoms with van der Waals surface area (Å²) in [4.78, 5) is 0. The van der Waals surface area contributed by atoms with Crippen LogP contribution in [0, 0.1) is 12.8 Å². The second kappa shape index (κ2) is 5.23. The van der Waals surface area contributed by atoms with E-state index in [-0.39, 0.29) is 38.8 Å². The Morgan fingerprint density at radius 1 is 1.30 bits per heavy atom. The molecule has 53 valence electrons. The maximum atomic E-state index is 7.45. The summed E-state index contributed by atoms with van der Waals surface area (Å²) >= 11 is 0. The third-order valence-corrected chi connectivity index (χ3v) is 1.58. The van der Waals surface area contributed by atoms with Crippen LogP contribution in [-0.2, 0) is 32.7 Å². The summed E-state index contributed by atoms with van der Waals surface area (Å²) in [6.07, 6.45) is 8.68. The van der Waals surface area contributed by atoms with Crippen LogP contribution in [0.3, 0.4) is 0 Å². The molecule has 1 radical (unpaired) electrons. The molecule has 0 heterocycles. The minimum absolute atomic E-state index is 0. The summed E-state index contributed by atoms with van der Waals surface area (Å²) in [5, 5.41) is 0. The molecule has 0 saturated heterocycles. The molecule has 1 N–H and O–H groups in total. The van der Waals surface area contributed by atoms with Gasteiger partial charge in [-0.25, -0.2) is 0 Å². The first-order chi connectivity index (χ1) is 4.34. The quantitative estimate of drug-likeness (QED) is 0.593. The van der Waals surface area contributed by atoms with E-state index < -0.39 is 0 Å². The Kier molecular flexibility index (Phi) is 5.51. The molecule has 2 atom stereocenters. The Hall–Kier alpha value is 0.544. The summed E-state index contributed by atoms with van der Waals surface area (Å²) in [5.41, 5.74) is 7.45. The van der Waals surface area contributed by atoms with Crippen molar-refractivity contribution in [2.45, 2.75) is 12.5 Å². The first-order valence-corrected chi connectivity index (χ1v) is 3.20. The van der Waals surface area contributed by atoms with Crippen LogP contribution in [0.5, 0.6) is 0 Å². The number of allylic oxidation sites excluding steroid dienone is 2. The summed E-state index contributed by atoms with van der Waals surface area (Å²) in [5.74, 6) is 0.343. The minimum Gasteiger partial charge on any atom is -0.671 e.